The first-order valence-corrected chi connectivity index (χ1v) is 11.6. The molecule has 1 amide bonds. The third kappa shape index (κ3) is 4.01. The summed E-state index contributed by atoms with van der Waals surface area (Å²) in [5.41, 5.74) is -0.561. The molecule has 35 heavy (non-hydrogen) atoms. The quantitative estimate of drug-likeness (QED) is 0.467. The number of hydrogen-bond acceptors (Lipinski definition) is 7. The molecule has 0 atom stereocenters. The van der Waals surface area contributed by atoms with Gasteiger partial charge in [-0.25, -0.2) is 19.0 Å². The normalized spacial score (nSPS) is 17.7. The fourth-order valence-electron chi connectivity index (χ4n) is 4.50. The van der Waals surface area contributed by atoms with Crippen molar-refractivity contribution in [3.05, 3.63) is 70.8 Å². The van der Waals surface area contributed by atoms with E-state index >= 15 is 0 Å². The van der Waals surface area contributed by atoms with Crippen LogP contribution in [0.4, 0.5) is 4.39 Å². The minimum Gasteiger partial charge on any atom is -0.435 e. The first kappa shape index (κ1) is 21.7. The first-order valence-electron chi connectivity index (χ1n) is 11.6. The smallest absolute Gasteiger partial charge is 0.291 e. The Labute approximate surface area is 198 Å². The van der Waals surface area contributed by atoms with Crippen LogP contribution >= 0.6 is 0 Å². The number of likely N-dealkylation sites (tertiary alicyclic amines) is 1. The Morgan fingerprint density at radius 2 is 1.89 bits per heavy atom. The van der Waals surface area contributed by atoms with Crippen molar-refractivity contribution in [2.75, 3.05) is 13.1 Å². The van der Waals surface area contributed by atoms with Gasteiger partial charge in [-0.15, -0.1) is 0 Å². The van der Waals surface area contributed by atoms with Gasteiger partial charge < -0.3 is 14.4 Å². The van der Waals surface area contributed by atoms with Gasteiger partial charge >= 0.3 is 0 Å². The number of carbonyl (C=O) groups is 1. The molecule has 0 bridgehead atoms. The molecule has 2 aliphatic rings. The Hall–Kier alpha value is -3.86. The van der Waals surface area contributed by atoms with E-state index in [9.17, 15) is 19.1 Å². The molecule has 0 unspecified atom stereocenters. The van der Waals surface area contributed by atoms with Crippen LogP contribution < -0.4 is 5.56 Å². The van der Waals surface area contributed by atoms with Gasteiger partial charge in [0.2, 0.25) is 5.76 Å². The summed E-state index contributed by atoms with van der Waals surface area (Å²) in [5.74, 6) is 0.563. The van der Waals surface area contributed by atoms with Gasteiger partial charge in [0.15, 0.2) is 11.5 Å². The molecule has 4 heterocycles. The molecule has 1 saturated carbocycles. The summed E-state index contributed by atoms with van der Waals surface area (Å²) < 4.78 is 21.7. The number of aliphatic hydroxyl groups is 1. The number of piperidine rings is 1. The highest BCUT2D eigenvalue weighted by Crippen LogP contribution is 2.39. The third-order valence-electron chi connectivity index (χ3n) is 6.73. The Kier molecular flexibility index (Phi) is 5.03. The van der Waals surface area contributed by atoms with Gasteiger partial charge in [-0.1, -0.05) is 0 Å². The maximum atomic E-state index is 13.3. The Morgan fingerprint density at radius 3 is 2.60 bits per heavy atom. The molecule has 1 aliphatic carbocycles. The molecule has 1 N–H and O–H groups in total. The number of nitrogens with zero attached hydrogens (tertiary/aromatic N) is 6. The van der Waals surface area contributed by atoms with Crippen LogP contribution in [0, 0.1) is 5.82 Å². The van der Waals surface area contributed by atoms with E-state index < -0.39 is 5.60 Å². The number of halogens is 1. The standard InChI is InChI=1S/C24H23FN6O4/c25-16-3-5-17(6-4-16)31-20-18(11-28-31)22(32)30(14-27-20)13-24(34)7-9-29(10-8-24)23(33)19-12-26-21(35-19)15-1-2-15/h3-6,11-12,14-15,34H,1-2,7-10,13H2. The van der Waals surface area contributed by atoms with Gasteiger partial charge in [0.1, 0.15) is 17.5 Å². The Bertz CT molecular complexity index is 1460. The van der Waals surface area contributed by atoms with Gasteiger partial charge in [0, 0.05) is 19.0 Å². The predicted molar refractivity (Wildman–Crippen MR) is 122 cm³/mol. The predicted octanol–water partition coefficient (Wildman–Crippen LogP) is 2.25. The van der Waals surface area contributed by atoms with Gasteiger partial charge in [-0.2, -0.15) is 5.10 Å². The number of amides is 1. The maximum Gasteiger partial charge on any atom is 0.291 e. The zero-order valence-corrected chi connectivity index (χ0v) is 18.8. The van der Waals surface area contributed by atoms with Crippen LogP contribution in [0.5, 0.6) is 0 Å². The molecule has 1 aliphatic heterocycles. The summed E-state index contributed by atoms with van der Waals surface area (Å²) in [6.07, 6.45) is 6.97. The zero-order valence-electron chi connectivity index (χ0n) is 18.8. The van der Waals surface area contributed by atoms with E-state index in [0.717, 1.165) is 12.8 Å². The van der Waals surface area contributed by atoms with Crippen molar-refractivity contribution in [3.63, 3.8) is 0 Å². The van der Waals surface area contributed by atoms with Crippen LogP contribution in [0.3, 0.4) is 0 Å². The largest absolute Gasteiger partial charge is 0.435 e. The molecular formula is C24H23FN6O4. The monoisotopic (exact) mass is 478 g/mol. The van der Waals surface area contributed by atoms with Crippen molar-refractivity contribution >= 4 is 16.9 Å². The second-order valence-corrected chi connectivity index (χ2v) is 9.30. The lowest BCUT2D eigenvalue weighted by Gasteiger charge is -2.38. The van der Waals surface area contributed by atoms with E-state index in [4.69, 9.17) is 4.42 Å². The lowest BCUT2D eigenvalue weighted by molar-refractivity contribution is -0.0304. The Morgan fingerprint density at radius 1 is 1.14 bits per heavy atom. The lowest BCUT2D eigenvalue weighted by atomic mass is 9.91. The van der Waals surface area contributed by atoms with Crippen LogP contribution in [-0.4, -0.2) is 58.9 Å². The van der Waals surface area contributed by atoms with Crippen LogP contribution in [-0.2, 0) is 6.54 Å². The summed E-state index contributed by atoms with van der Waals surface area (Å²) in [5, 5.41) is 15.7. The summed E-state index contributed by atoms with van der Waals surface area (Å²) >= 11 is 0. The number of rotatable bonds is 5. The minimum absolute atomic E-state index is 0.0483. The molecule has 0 spiro atoms. The van der Waals surface area contributed by atoms with Crippen molar-refractivity contribution in [2.24, 2.45) is 0 Å². The minimum atomic E-state index is -1.16. The van der Waals surface area contributed by atoms with Crippen molar-refractivity contribution < 1.29 is 18.7 Å². The molecule has 1 aromatic carbocycles. The van der Waals surface area contributed by atoms with Crippen molar-refractivity contribution in [3.8, 4) is 5.69 Å². The van der Waals surface area contributed by atoms with E-state index in [1.165, 1.54) is 40.1 Å². The van der Waals surface area contributed by atoms with Crippen molar-refractivity contribution in [2.45, 2.75) is 43.7 Å². The van der Waals surface area contributed by atoms with Crippen LogP contribution in [0.2, 0.25) is 0 Å². The highest BCUT2D eigenvalue weighted by Gasteiger charge is 2.36. The third-order valence-corrected chi connectivity index (χ3v) is 6.73. The van der Waals surface area contributed by atoms with Crippen molar-refractivity contribution in [1.82, 2.24) is 29.2 Å². The molecule has 0 radical (unpaired) electrons. The van der Waals surface area contributed by atoms with E-state index in [2.05, 4.69) is 15.1 Å². The molecule has 1 saturated heterocycles. The molecule has 3 aromatic heterocycles. The number of benzene rings is 1. The average molecular weight is 478 g/mol. The SMILES string of the molecule is O=C(c1cnc(C2CC2)o1)N1CCC(O)(Cn2cnc3c(cnn3-c3ccc(F)cc3)c2=O)CC1. The van der Waals surface area contributed by atoms with E-state index in [1.807, 2.05) is 0 Å². The number of carbonyl (C=O) groups excluding carboxylic acids is 1. The fourth-order valence-corrected chi connectivity index (χ4v) is 4.50. The number of fused-ring (bicyclic) bond motifs is 1. The maximum absolute atomic E-state index is 13.3. The van der Waals surface area contributed by atoms with Crippen LogP contribution in [0.15, 0.2) is 52.2 Å². The zero-order chi connectivity index (χ0) is 24.2. The second kappa shape index (κ2) is 8.12. The lowest BCUT2D eigenvalue weighted by Crippen LogP contribution is -2.49. The summed E-state index contributed by atoms with van der Waals surface area (Å²) in [7, 11) is 0. The Balaban J connectivity index is 1.16. The topological polar surface area (TPSA) is 119 Å². The summed E-state index contributed by atoms with van der Waals surface area (Å²) in [6, 6.07) is 5.73. The highest BCUT2D eigenvalue weighted by molar-refractivity contribution is 5.91. The molecule has 4 aromatic rings. The molecular weight excluding hydrogens is 455 g/mol. The molecule has 180 valence electrons. The van der Waals surface area contributed by atoms with E-state index in [0.29, 0.717) is 54.5 Å². The van der Waals surface area contributed by atoms with Crippen LogP contribution in [0.25, 0.3) is 16.7 Å². The number of hydrogen-bond donors (Lipinski definition) is 1. The van der Waals surface area contributed by atoms with E-state index in [1.54, 1.807) is 17.0 Å². The first-order chi connectivity index (χ1) is 16.9. The molecule has 6 rings (SSSR count). The second-order valence-electron chi connectivity index (χ2n) is 9.30. The van der Waals surface area contributed by atoms with Gasteiger partial charge in [-0.05, 0) is 49.9 Å². The summed E-state index contributed by atoms with van der Waals surface area (Å²) in [4.78, 5) is 36.1. The number of aromatic nitrogens is 5. The van der Waals surface area contributed by atoms with E-state index in [-0.39, 0.29) is 29.6 Å². The fraction of sp³-hybridized carbons (Fsp3) is 0.375. The molecule has 10 nitrogen and oxygen atoms in total. The highest BCUT2D eigenvalue weighted by atomic mass is 19.1. The molecule has 2 fully saturated rings. The van der Waals surface area contributed by atoms with Gasteiger partial charge in [0.25, 0.3) is 11.5 Å². The van der Waals surface area contributed by atoms with Crippen LogP contribution in [0.1, 0.15) is 48.0 Å². The van der Waals surface area contributed by atoms with Gasteiger partial charge in [-0.3, -0.25) is 14.2 Å². The van der Waals surface area contributed by atoms with Gasteiger partial charge in [0.05, 0.1) is 30.2 Å². The van der Waals surface area contributed by atoms with Crippen molar-refractivity contribution in [1.29, 1.82) is 0 Å². The summed E-state index contributed by atoms with van der Waals surface area (Å²) in [6.45, 7) is 0.718. The average Bonchev–Trinajstić information content (AvgIpc) is 3.42. The molecule has 11 heteroatoms. The number of oxazole rings is 1.